The molecule has 1 saturated carbocycles. The van der Waals surface area contributed by atoms with Crippen molar-refractivity contribution in [2.45, 2.75) is 52.7 Å². The summed E-state index contributed by atoms with van der Waals surface area (Å²) in [6.07, 6.45) is 4.85. The fraction of sp³-hybridized carbons (Fsp3) is 0.471. The van der Waals surface area contributed by atoms with Gasteiger partial charge in [0.2, 0.25) is 0 Å². The maximum atomic E-state index is 4.65. The second-order valence-corrected chi connectivity index (χ2v) is 6.02. The third-order valence-corrected chi connectivity index (χ3v) is 4.04. The summed E-state index contributed by atoms with van der Waals surface area (Å²) >= 11 is 0. The summed E-state index contributed by atoms with van der Waals surface area (Å²) in [5, 5.41) is 8.21. The number of nitrogens with one attached hydrogen (secondary N) is 1. The van der Waals surface area contributed by atoms with E-state index in [1.54, 1.807) is 0 Å². The Balaban J connectivity index is 1.73. The number of hydrogen-bond donors (Lipinski definition) is 1. The minimum absolute atomic E-state index is 0.747. The quantitative estimate of drug-likeness (QED) is 0.904. The molecule has 20 heavy (non-hydrogen) atoms. The monoisotopic (exact) mass is 269 g/mol. The van der Waals surface area contributed by atoms with Crippen molar-refractivity contribution in [2.75, 3.05) is 0 Å². The molecule has 0 atom stereocenters. The number of rotatable bonds is 5. The lowest BCUT2D eigenvalue weighted by Crippen LogP contribution is -2.15. The van der Waals surface area contributed by atoms with Crippen molar-refractivity contribution in [3.05, 3.63) is 52.3 Å². The van der Waals surface area contributed by atoms with Gasteiger partial charge in [0.15, 0.2) is 0 Å². The lowest BCUT2D eigenvalue weighted by atomic mass is 10.1. The SMILES string of the molecule is Cc1ccc(C)c(Cn2cc(CNC3CC3)c(C)n2)c1. The molecule has 0 amide bonds. The molecule has 0 saturated heterocycles. The van der Waals surface area contributed by atoms with Crippen LogP contribution >= 0.6 is 0 Å². The van der Waals surface area contributed by atoms with Gasteiger partial charge in [0.05, 0.1) is 12.2 Å². The molecule has 2 aromatic rings. The van der Waals surface area contributed by atoms with Crippen LogP contribution < -0.4 is 5.32 Å². The van der Waals surface area contributed by atoms with E-state index in [0.717, 1.165) is 24.8 Å². The van der Waals surface area contributed by atoms with E-state index in [0.29, 0.717) is 0 Å². The normalized spacial score (nSPS) is 14.8. The second kappa shape index (κ2) is 5.41. The van der Waals surface area contributed by atoms with Gasteiger partial charge in [-0.2, -0.15) is 5.10 Å². The van der Waals surface area contributed by atoms with Crippen LogP contribution in [0.25, 0.3) is 0 Å². The second-order valence-electron chi connectivity index (χ2n) is 6.02. The van der Waals surface area contributed by atoms with Crippen LogP contribution in [0, 0.1) is 20.8 Å². The summed E-state index contributed by atoms with van der Waals surface area (Å²) in [5.74, 6) is 0. The van der Waals surface area contributed by atoms with Gasteiger partial charge in [0, 0.05) is 24.3 Å². The zero-order valence-corrected chi connectivity index (χ0v) is 12.6. The van der Waals surface area contributed by atoms with Gasteiger partial charge in [-0.1, -0.05) is 23.8 Å². The van der Waals surface area contributed by atoms with Gasteiger partial charge in [-0.05, 0) is 44.7 Å². The van der Waals surface area contributed by atoms with E-state index in [9.17, 15) is 0 Å². The molecule has 1 fully saturated rings. The number of hydrogen-bond acceptors (Lipinski definition) is 2. The van der Waals surface area contributed by atoms with Crippen molar-refractivity contribution in [3.8, 4) is 0 Å². The molecule has 0 bridgehead atoms. The molecular weight excluding hydrogens is 246 g/mol. The fourth-order valence-electron chi connectivity index (χ4n) is 2.50. The third-order valence-electron chi connectivity index (χ3n) is 4.04. The first-order chi connectivity index (χ1) is 9.61. The average molecular weight is 269 g/mol. The van der Waals surface area contributed by atoms with Gasteiger partial charge in [-0.25, -0.2) is 0 Å². The highest BCUT2D eigenvalue weighted by atomic mass is 15.3. The first-order valence-corrected chi connectivity index (χ1v) is 7.44. The van der Waals surface area contributed by atoms with Crippen molar-refractivity contribution < 1.29 is 0 Å². The van der Waals surface area contributed by atoms with E-state index in [1.807, 2.05) is 0 Å². The molecule has 0 spiro atoms. The fourth-order valence-corrected chi connectivity index (χ4v) is 2.50. The molecule has 1 aromatic carbocycles. The first-order valence-electron chi connectivity index (χ1n) is 7.44. The zero-order chi connectivity index (χ0) is 14.1. The van der Waals surface area contributed by atoms with Crippen molar-refractivity contribution >= 4 is 0 Å². The van der Waals surface area contributed by atoms with Crippen molar-refractivity contribution in [1.29, 1.82) is 0 Å². The van der Waals surface area contributed by atoms with Crippen LogP contribution in [0.4, 0.5) is 0 Å². The molecule has 1 aromatic heterocycles. The molecule has 106 valence electrons. The Labute approximate surface area is 121 Å². The van der Waals surface area contributed by atoms with E-state index < -0.39 is 0 Å². The summed E-state index contributed by atoms with van der Waals surface area (Å²) in [6, 6.07) is 7.36. The molecule has 0 aliphatic heterocycles. The summed E-state index contributed by atoms with van der Waals surface area (Å²) in [5.41, 5.74) is 6.46. The van der Waals surface area contributed by atoms with E-state index in [1.165, 1.54) is 35.1 Å². The van der Waals surface area contributed by atoms with Crippen molar-refractivity contribution in [1.82, 2.24) is 15.1 Å². The highest BCUT2D eigenvalue weighted by Gasteiger charge is 2.20. The van der Waals surface area contributed by atoms with Crippen LogP contribution in [0.2, 0.25) is 0 Å². The molecule has 0 unspecified atom stereocenters. The number of nitrogens with zero attached hydrogens (tertiary/aromatic N) is 2. The molecule has 1 heterocycles. The molecule has 1 N–H and O–H groups in total. The van der Waals surface area contributed by atoms with Crippen LogP contribution in [0.3, 0.4) is 0 Å². The standard InChI is InChI=1S/C17H23N3/c1-12-4-5-13(2)15(8-12)10-20-11-16(14(3)19-20)9-18-17-6-7-17/h4-5,8,11,17-18H,6-7,9-10H2,1-3H3. The van der Waals surface area contributed by atoms with Crippen LogP contribution in [0.1, 0.15) is 40.8 Å². The largest absolute Gasteiger partial charge is 0.310 e. The van der Waals surface area contributed by atoms with Gasteiger partial charge in [0.1, 0.15) is 0 Å². The van der Waals surface area contributed by atoms with Gasteiger partial charge < -0.3 is 5.32 Å². The molecule has 1 aliphatic carbocycles. The lowest BCUT2D eigenvalue weighted by molar-refractivity contribution is 0.672. The van der Waals surface area contributed by atoms with Crippen LogP contribution in [0.15, 0.2) is 24.4 Å². The first kappa shape index (κ1) is 13.4. The predicted octanol–water partition coefficient (Wildman–Crippen LogP) is 3.11. The maximum absolute atomic E-state index is 4.65. The van der Waals surface area contributed by atoms with Gasteiger partial charge >= 0.3 is 0 Å². The molecule has 3 nitrogen and oxygen atoms in total. The molecule has 0 radical (unpaired) electrons. The topological polar surface area (TPSA) is 29.9 Å². The van der Waals surface area contributed by atoms with Gasteiger partial charge in [-0.15, -0.1) is 0 Å². The average Bonchev–Trinajstić information content (AvgIpc) is 3.16. The van der Waals surface area contributed by atoms with Crippen LogP contribution in [-0.2, 0) is 13.1 Å². The Morgan fingerprint density at radius 3 is 2.75 bits per heavy atom. The zero-order valence-electron chi connectivity index (χ0n) is 12.6. The molecule has 3 rings (SSSR count). The molecule has 1 aliphatic rings. The number of aryl methyl sites for hydroxylation is 3. The molecular formula is C17H23N3. The van der Waals surface area contributed by atoms with Gasteiger partial charge in [0.25, 0.3) is 0 Å². The van der Waals surface area contributed by atoms with E-state index >= 15 is 0 Å². The summed E-state index contributed by atoms with van der Waals surface area (Å²) in [6.45, 7) is 8.22. The number of benzene rings is 1. The van der Waals surface area contributed by atoms with E-state index in [2.05, 4.69) is 60.3 Å². The Kier molecular flexibility index (Phi) is 3.62. The minimum Gasteiger partial charge on any atom is -0.310 e. The predicted molar refractivity (Wildman–Crippen MR) is 81.8 cm³/mol. The maximum Gasteiger partial charge on any atom is 0.0662 e. The van der Waals surface area contributed by atoms with Crippen molar-refractivity contribution in [3.63, 3.8) is 0 Å². The van der Waals surface area contributed by atoms with Crippen LogP contribution in [-0.4, -0.2) is 15.8 Å². The Morgan fingerprint density at radius 2 is 2.00 bits per heavy atom. The van der Waals surface area contributed by atoms with Gasteiger partial charge in [-0.3, -0.25) is 4.68 Å². The smallest absolute Gasteiger partial charge is 0.0662 e. The Bertz CT molecular complexity index is 609. The Hall–Kier alpha value is -1.61. The van der Waals surface area contributed by atoms with Crippen LogP contribution in [0.5, 0.6) is 0 Å². The Morgan fingerprint density at radius 1 is 1.20 bits per heavy atom. The minimum atomic E-state index is 0.747. The third kappa shape index (κ3) is 3.10. The highest BCUT2D eigenvalue weighted by molar-refractivity contribution is 5.30. The number of aromatic nitrogens is 2. The van der Waals surface area contributed by atoms with Crippen molar-refractivity contribution in [2.24, 2.45) is 0 Å². The van der Waals surface area contributed by atoms with E-state index in [4.69, 9.17) is 0 Å². The lowest BCUT2D eigenvalue weighted by Gasteiger charge is -2.07. The molecule has 3 heteroatoms. The van der Waals surface area contributed by atoms with E-state index in [-0.39, 0.29) is 0 Å². The summed E-state index contributed by atoms with van der Waals surface area (Å²) < 4.78 is 2.07. The summed E-state index contributed by atoms with van der Waals surface area (Å²) in [4.78, 5) is 0. The highest BCUT2D eigenvalue weighted by Crippen LogP contribution is 2.20. The summed E-state index contributed by atoms with van der Waals surface area (Å²) in [7, 11) is 0.